The second-order valence-electron chi connectivity index (χ2n) is 3.45. The second-order valence-corrected chi connectivity index (χ2v) is 5.03. The number of ether oxygens (including phenoxy) is 2. The minimum atomic E-state index is -4.15. The summed E-state index contributed by atoms with van der Waals surface area (Å²) < 4.78 is 39.5. The minimum absolute atomic E-state index is 0.0382. The van der Waals surface area contributed by atoms with Crippen LogP contribution in [-0.2, 0) is 10.1 Å². The van der Waals surface area contributed by atoms with Gasteiger partial charge in [0.25, 0.3) is 15.8 Å². The van der Waals surface area contributed by atoms with E-state index in [0.717, 1.165) is 12.1 Å². The van der Waals surface area contributed by atoms with Crippen molar-refractivity contribution >= 4 is 21.5 Å². The van der Waals surface area contributed by atoms with Crippen LogP contribution in [0.4, 0.5) is 11.4 Å². The molecule has 0 unspecified atom stereocenters. The summed E-state index contributed by atoms with van der Waals surface area (Å²) in [5, 5.41) is 10.7. The Morgan fingerprint density at radius 3 is 2.53 bits per heavy atom. The zero-order valence-corrected chi connectivity index (χ0v) is 10.7. The van der Waals surface area contributed by atoms with Gasteiger partial charge >= 0.3 is 0 Å². The Kier molecular flexibility index (Phi) is 4.51. The standard InChI is InChI=1S/C9H12N2O7S/c1-17-8-5-7(11(12)13)6(10)4-9(8)18-2-3-19(14,15)16/h4-5H,2-3,10H2,1H3,(H,14,15,16). The van der Waals surface area contributed by atoms with Gasteiger partial charge in [-0.15, -0.1) is 0 Å². The summed E-state index contributed by atoms with van der Waals surface area (Å²) in [6, 6.07) is 2.22. The van der Waals surface area contributed by atoms with E-state index in [1.165, 1.54) is 7.11 Å². The maximum atomic E-state index is 10.7. The van der Waals surface area contributed by atoms with Gasteiger partial charge in [0.1, 0.15) is 18.0 Å². The molecule has 0 aliphatic heterocycles. The molecular weight excluding hydrogens is 280 g/mol. The average Bonchev–Trinajstić information content (AvgIpc) is 2.27. The Hall–Kier alpha value is -2.07. The molecule has 9 nitrogen and oxygen atoms in total. The van der Waals surface area contributed by atoms with Crippen molar-refractivity contribution in [2.45, 2.75) is 0 Å². The molecule has 0 radical (unpaired) electrons. The Balaban J connectivity index is 2.95. The highest BCUT2D eigenvalue weighted by Gasteiger charge is 2.18. The number of anilines is 1. The first-order valence-electron chi connectivity index (χ1n) is 4.94. The molecule has 0 fully saturated rings. The van der Waals surface area contributed by atoms with Crippen molar-refractivity contribution < 1.29 is 27.4 Å². The Labute approximate surface area is 108 Å². The van der Waals surface area contributed by atoms with Gasteiger partial charge in [-0.25, -0.2) is 0 Å². The van der Waals surface area contributed by atoms with Crippen molar-refractivity contribution in [3.05, 3.63) is 22.2 Å². The molecule has 0 amide bonds. The second kappa shape index (κ2) is 5.71. The molecular formula is C9H12N2O7S. The molecule has 10 heteroatoms. The first-order chi connectivity index (χ1) is 8.74. The van der Waals surface area contributed by atoms with Crippen LogP contribution in [0.5, 0.6) is 11.5 Å². The topological polar surface area (TPSA) is 142 Å². The summed E-state index contributed by atoms with van der Waals surface area (Å²) in [7, 11) is -2.88. The summed E-state index contributed by atoms with van der Waals surface area (Å²) in [5.41, 5.74) is 4.96. The number of benzene rings is 1. The number of nitrogens with two attached hydrogens (primary N) is 1. The highest BCUT2D eigenvalue weighted by atomic mass is 32.2. The average molecular weight is 292 g/mol. The summed E-state index contributed by atoms with van der Waals surface area (Å²) >= 11 is 0. The molecule has 1 aromatic rings. The molecule has 0 spiro atoms. The molecule has 106 valence electrons. The Bertz CT molecular complexity index is 584. The molecule has 1 rings (SSSR count). The lowest BCUT2D eigenvalue weighted by molar-refractivity contribution is -0.384. The molecule has 0 aliphatic rings. The Morgan fingerprint density at radius 1 is 1.42 bits per heavy atom. The summed E-state index contributed by atoms with van der Waals surface area (Å²) in [6.45, 7) is -0.341. The molecule has 0 saturated carbocycles. The van der Waals surface area contributed by atoms with Gasteiger partial charge in [0.05, 0.1) is 18.1 Å². The van der Waals surface area contributed by atoms with Crippen LogP contribution >= 0.6 is 0 Å². The van der Waals surface area contributed by atoms with Crippen molar-refractivity contribution in [1.82, 2.24) is 0 Å². The fourth-order valence-corrected chi connectivity index (χ4v) is 1.55. The predicted molar refractivity (Wildman–Crippen MR) is 66.0 cm³/mol. The first kappa shape index (κ1) is 15.0. The van der Waals surface area contributed by atoms with Gasteiger partial charge in [0.2, 0.25) is 0 Å². The monoisotopic (exact) mass is 292 g/mol. The number of hydrogen-bond donors (Lipinski definition) is 2. The third-order valence-corrected chi connectivity index (χ3v) is 2.79. The van der Waals surface area contributed by atoms with Crippen molar-refractivity contribution in [3.8, 4) is 11.5 Å². The molecule has 0 saturated heterocycles. The maximum absolute atomic E-state index is 10.7. The van der Waals surface area contributed by atoms with Gasteiger partial charge < -0.3 is 15.2 Å². The van der Waals surface area contributed by atoms with Crippen molar-refractivity contribution in [1.29, 1.82) is 0 Å². The number of methoxy groups -OCH3 is 1. The molecule has 0 heterocycles. The van der Waals surface area contributed by atoms with Crippen LogP contribution in [0.3, 0.4) is 0 Å². The van der Waals surface area contributed by atoms with Gasteiger partial charge in [-0.2, -0.15) is 8.42 Å². The third-order valence-electron chi connectivity index (χ3n) is 2.11. The fraction of sp³-hybridized carbons (Fsp3) is 0.333. The van der Waals surface area contributed by atoms with Crippen LogP contribution in [0.25, 0.3) is 0 Å². The van der Waals surface area contributed by atoms with Gasteiger partial charge in [-0.3, -0.25) is 14.7 Å². The van der Waals surface area contributed by atoms with Crippen LogP contribution < -0.4 is 15.2 Å². The maximum Gasteiger partial charge on any atom is 0.296 e. The van der Waals surface area contributed by atoms with E-state index < -0.39 is 20.8 Å². The smallest absolute Gasteiger partial charge is 0.296 e. The first-order valence-corrected chi connectivity index (χ1v) is 6.55. The zero-order chi connectivity index (χ0) is 14.6. The quantitative estimate of drug-likeness (QED) is 0.333. The lowest BCUT2D eigenvalue weighted by atomic mass is 10.2. The molecule has 0 atom stereocenters. The fourth-order valence-electron chi connectivity index (χ4n) is 1.25. The number of nitro groups is 1. The lowest BCUT2D eigenvalue weighted by Crippen LogP contribution is -2.13. The van der Waals surface area contributed by atoms with E-state index in [2.05, 4.69) is 0 Å². The Morgan fingerprint density at radius 2 is 2.05 bits per heavy atom. The van der Waals surface area contributed by atoms with E-state index in [0.29, 0.717) is 0 Å². The molecule has 0 aromatic heterocycles. The van der Waals surface area contributed by atoms with Crippen LogP contribution in [0.1, 0.15) is 0 Å². The number of nitro benzene ring substituents is 1. The van der Waals surface area contributed by atoms with E-state index in [1.807, 2.05) is 0 Å². The van der Waals surface area contributed by atoms with E-state index in [4.69, 9.17) is 19.8 Å². The van der Waals surface area contributed by atoms with Crippen molar-refractivity contribution in [3.63, 3.8) is 0 Å². The highest BCUT2D eigenvalue weighted by molar-refractivity contribution is 7.85. The third kappa shape index (κ3) is 4.26. The molecule has 1 aromatic carbocycles. The number of rotatable bonds is 6. The SMILES string of the molecule is COc1cc([N+](=O)[O-])c(N)cc1OCCS(=O)(=O)O. The largest absolute Gasteiger partial charge is 0.493 e. The van der Waals surface area contributed by atoms with E-state index >= 15 is 0 Å². The lowest BCUT2D eigenvalue weighted by Gasteiger charge is -2.10. The summed E-state index contributed by atoms with van der Waals surface area (Å²) in [5.74, 6) is -0.530. The number of nitrogen functional groups attached to an aromatic ring is 1. The molecule has 0 aliphatic carbocycles. The highest BCUT2D eigenvalue weighted by Crippen LogP contribution is 2.36. The van der Waals surface area contributed by atoms with E-state index in [-0.39, 0.29) is 29.5 Å². The zero-order valence-electron chi connectivity index (χ0n) is 9.90. The van der Waals surface area contributed by atoms with Crippen molar-refractivity contribution in [2.24, 2.45) is 0 Å². The van der Waals surface area contributed by atoms with E-state index in [1.54, 1.807) is 0 Å². The summed E-state index contributed by atoms with van der Waals surface area (Å²) in [6.07, 6.45) is 0. The molecule has 3 N–H and O–H groups in total. The van der Waals surface area contributed by atoms with Crippen LogP contribution in [0.2, 0.25) is 0 Å². The van der Waals surface area contributed by atoms with Gasteiger partial charge in [-0.1, -0.05) is 0 Å². The predicted octanol–water partition coefficient (Wildman–Crippen LogP) is 0.452. The van der Waals surface area contributed by atoms with Crippen LogP contribution in [-0.4, -0.2) is 37.4 Å². The van der Waals surface area contributed by atoms with Crippen LogP contribution in [0, 0.1) is 10.1 Å². The number of hydrogen-bond acceptors (Lipinski definition) is 7. The van der Waals surface area contributed by atoms with Crippen molar-refractivity contribution in [2.75, 3.05) is 25.2 Å². The molecule has 19 heavy (non-hydrogen) atoms. The van der Waals surface area contributed by atoms with Gasteiger partial charge in [0, 0.05) is 6.07 Å². The van der Waals surface area contributed by atoms with E-state index in [9.17, 15) is 18.5 Å². The minimum Gasteiger partial charge on any atom is -0.493 e. The van der Waals surface area contributed by atoms with Gasteiger partial charge in [0.15, 0.2) is 11.5 Å². The van der Waals surface area contributed by atoms with Crippen LogP contribution in [0.15, 0.2) is 12.1 Å². The van der Waals surface area contributed by atoms with Gasteiger partial charge in [-0.05, 0) is 0 Å². The summed E-state index contributed by atoms with van der Waals surface area (Å²) in [4.78, 5) is 9.98. The normalized spacial score (nSPS) is 11.1. The number of nitrogens with zero attached hydrogens (tertiary/aromatic N) is 1. The molecule has 0 bridgehead atoms.